The second kappa shape index (κ2) is 5.30. The van der Waals surface area contributed by atoms with Crippen molar-refractivity contribution in [3.8, 4) is 0 Å². The zero-order valence-corrected chi connectivity index (χ0v) is 10.8. The molecule has 4 heteroatoms. The largest absolute Gasteiger partial charge is 0.310 e. The van der Waals surface area contributed by atoms with Crippen molar-refractivity contribution >= 4 is 9.84 Å². The fraction of sp³-hybridized carbons (Fsp3) is 1.00. The molecule has 0 spiro atoms. The Kier molecular flexibility index (Phi) is 4.59. The molecule has 1 aliphatic carbocycles. The number of hydrogen-bond donors (Lipinski definition) is 1. The van der Waals surface area contributed by atoms with Gasteiger partial charge < -0.3 is 5.32 Å². The van der Waals surface area contributed by atoms with Gasteiger partial charge in [-0.2, -0.15) is 0 Å². The van der Waals surface area contributed by atoms with Crippen LogP contribution < -0.4 is 5.32 Å². The maximum absolute atomic E-state index is 11.4. The molecule has 0 aliphatic heterocycles. The van der Waals surface area contributed by atoms with Crippen molar-refractivity contribution in [1.82, 2.24) is 5.32 Å². The molecule has 1 rings (SSSR count). The summed E-state index contributed by atoms with van der Waals surface area (Å²) < 4.78 is 22.9. The van der Waals surface area contributed by atoms with Crippen LogP contribution in [0.4, 0.5) is 0 Å². The highest BCUT2D eigenvalue weighted by molar-refractivity contribution is 7.91. The molecule has 1 saturated carbocycles. The monoisotopic (exact) mass is 233 g/mol. The van der Waals surface area contributed by atoms with E-state index < -0.39 is 9.84 Å². The maximum atomic E-state index is 11.4. The molecule has 0 amide bonds. The van der Waals surface area contributed by atoms with Crippen LogP contribution in [-0.4, -0.2) is 32.0 Å². The minimum absolute atomic E-state index is 0.0838. The van der Waals surface area contributed by atoms with Crippen LogP contribution in [0.3, 0.4) is 0 Å². The van der Waals surface area contributed by atoms with E-state index in [4.69, 9.17) is 0 Å². The zero-order chi connectivity index (χ0) is 11.5. The summed E-state index contributed by atoms with van der Waals surface area (Å²) in [5, 5.41) is 3.44. The first-order valence-corrected chi connectivity index (χ1v) is 7.73. The van der Waals surface area contributed by atoms with Gasteiger partial charge >= 0.3 is 0 Å². The molecular weight excluding hydrogens is 210 g/mol. The molecule has 0 saturated heterocycles. The van der Waals surface area contributed by atoms with Gasteiger partial charge in [-0.3, -0.25) is 0 Å². The molecule has 0 aromatic carbocycles. The molecule has 0 radical (unpaired) electrons. The van der Waals surface area contributed by atoms with Gasteiger partial charge in [0.1, 0.15) is 0 Å². The van der Waals surface area contributed by atoms with E-state index >= 15 is 0 Å². The van der Waals surface area contributed by atoms with Crippen molar-refractivity contribution in [2.45, 2.75) is 52.1 Å². The van der Waals surface area contributed by atoms with Crippen LogP contribution in [0, 0.1) is 5.92 Å². The lowest BCUT2D eigenvalue weighted by molar-refractivity contribution is 0.395. The quantitative estimate of drug-likeness (QED) is 0.784. The van der Waals surface area contributed by atoms with E-state index in [9.17, 15) is 8.42 Å². The Balaban J connectivity index is 2.39. The second-order valence-corrected chi connectivity index (χ2v) is 7.18. The third-order valence-corrected chi connectivity index (χ3v) is 5.19. The molecule has 1 fully saturated rings. The van der Waals surface area contributed by atoms with E-state index in [1.54, 1.807) is 6.92 Å². The fourth-order valence-electron chi connectivity index (χ4n) is 2.31. The molecule has 3 nitrogen and oxygen atoms in total. The van der Waals surface area contributed by atoms with Crippen LogP contribution >= 0.6 is 0 Å². The highest BCUT2D eigenvalue weighted by Crippen LogP contribution is 2.25. The van der Waals surface area contributed by atoms with Crippen molar-refractivity contribution in [3.63, 3.8) is 0 Å². The summed E-state index contributed by atoms with van der Waals surface area (Å²) in [7, 11) is -2.84. The smallest absolute Gasteiger partial charge is 0.151 e. The van der Waals surface area contributed by atoms with Crippen molar-refractivity contribution in [2.75, 3.05) is 11.5 Å². The summed E-state index contributed by atoms with van der Waals surface area (Å²) >= 11 is 0. The molecule has 0 heterocycles. The average Bonchev–Trinajstić information content (AvgIpc) is 2.51. The lowest BCUT2D eigenvalue weighted by Crippen LogP contribution is -2.41. The summed E-state index contributed by atoms with van der Waals surface area (Å²) in [5.41, 5.74) is 0. The highest BCUT2D eigenvalue weighted by Gasteiger charge is 2.25. The van der Waals surface area contributed by atoms with Crippen LogP contribution in [0.2, 0.25) is 0 Å². The molecule has 0 aromatic heterocycles. The standard InChI is InChI=1S/C11H23NO2S/c1-4-15(13,14)8-10(3)12-11-7-5-6-9(11)2/h9-12H,4-8H2,1-3H3. The first-order valence-electron chi connectivity index (χ1n) is 5.91. The van der Waals surface area contributed by atoms with E-state index in [2.05, 4.69) is 12.2 Å². The summed E-state index contributed by atoms with van der Waals surface area (Å²) in [6, 6.07) is 0.604. The SMILES string of the molecule is CCS(=O)(=O)CC(C)NC1CCCC1C. The first-order chi connectivity index (χ1) is 6.94. The Bertz CT molecular complexity index is 287. The van der Waals surface area contributed by atoms with Gasteiger partial charge in [0, 0.05) is 17.8 Å². The van der Waals surface area contributed by atoms with Crippen LogP contribution in [-0.2, 0) is 9.84 Å². The number of nitrogens with one attached hydrogen (secondary N) is 1. The van der Waals surface area contributed by atoms with Gasteiger partial charge in [0.15, 0.2) is 9.84 Å². The van der Waals surface area contributed by atoms with E-state index in [-0.39, 0.29) is 17.5 Å². The van der Waals surface area contributed by atoms with Crippen molar-refractivity contribution < 1.29 is 8.42 Å². The van der Waals surface area contributed by atoms with Crippen molar-refractivity contribution in [2.24, 2.45) is 5.92 Å². The van der Waals surface area contributed by atoms with E-state index in [1.807, 2.05) is 6.92 Å². The molecule has 0 bridgehead atoms. The fourth-order valence-corrected chi connectivity index (χ4v) is 3.40. The van der Waals surface area contributed by atoms with E-state index in [0.717, 1.165) is 0 Å². The second-order valence-electron chi connectivity index (χ2n) is 4.78. The van der Waals surface area contributed by atoms with Crippen molar-refractivity contribution in [1.29, 1.82) is 0 Å². The minimum Gasteiger partial charge on any atom is -0.310 e. The van der Waals surface area contributed by atoms with Gasteiger partial charge in [-0.15, -0.1) is 0 Å². The summed E-state index contributed by atoms with van der Waals surface area (Å²) in [5.74, 6) is 1.21. The molecule has 15 heavy (non-hydrogen) atoms. The summed E-state index contributed by atoms with van der Waals surface area (Å²) in [6.45, 7) is 5.92. The maximum Gasteiger partial charge on any atom is 0.151 e. The molecule has 1 aliphatic rings. The predicted octanol–water partition coefficient (Wildman–Crippen LogP) is 1.59. The Morgan fingerprint density at radius 3 is 2.53 bits per heavy atom. The topological polar surface area (TPSA) is 46.2 Å². The van der Waals surface area contributed by atoms with E-state index in [1.165, 1.54) is 19.3 Å². The van der Waals surface area contributed by atoms with E-state index in [0.29, 0.717) is 12.0 Å². The Labute approximate surface area is 93.6 Å². The van der Waals surface area contributed by atoms with Crippen LogP contribution in [0.1, 0.15) is 40.0 Å². The molecule has 90 valence electrons. The van der Waals surface area contributed by atoms with Crippen LogP contribution in [0.5, 0.6) is 0 Å². The van der Waals surface area contributed by atoms with Gasteiger partial charge in [0.05, 0.1) is 5.75 Å². The highest BCUT2D eigenvalue weighted by atomic mass is 32.2. The van der Waals surface area contributed by atoms with Gasteiger partial charge in [-0.1, -0.05) is 20.3 Å². The minimum atomic E-state index is -2.84. The van der Waals surface area contributed by atoms with Gasteiger partial charge in [0.2, 0.25) is 0 Å². The molecular formula is C11H23NO2S. The van der Waals surface area contributed by atoms with Gasteiger partial charge in [-0.25, -0.2) is 8.42 Å². The Hall–Kier alpha value is -0.0900. The zero-order valence-electron chi connectivity index (χ0n) is 9.99. The predicted molar refractivity (Wildman–Crippen MR) is 63.7 cm³/mol. The Morgan fingerprint density at radius 2 is 2.07 bits per heavy atom. The molecule has 3 atom stereocenters. The number of sulfone groups is 1. The normalized spacial score (nSPS) is 29.3. The average molecular weight is 233 g/mol. The number of hydrogen-bond acceptors (Lipinski definition) is 3. The van der Waals surface area contributed by atoms with Gasteiger partial charge in [0.25, 0.3) is 0 Å². The molecule has 3 unspecified atom stereocenters. The summed E-state index contributed by atoms with van der Waals surface area (Å²) in [4.78, 5) is 0. The molecule has 0 aromatic rings. The Morgan fingerprint density at radius 1 is 1.40 bits per heavy atom. The first kappa shape index (κ1) is 13.0. The van der Waals surface area contributed by atoms with Crippen LogP contribution in [0.25, 0.3) is 0 Å². The van der Waals surface area contributed by atoms with Gasteiger partial charge in [-0.05, 0) is 25.7 Å². The van der Waals surface area contributed by atoms with Crippen molar-refractivity contribution in [3.05, 3.63) is 0 Å². The number of rotatable bonds is 5. The van der Waals surface area contributed by atoms with Crippen LogP contribution in [0.15, 0.2) is 0 Å². The lowest BCUT2D eigenvalue weighted by atomic mass is 10.1. The summed E-state index contributed by atoms with van der Waals surface area (Å²) in [6.07, 6.45) is 3.73. The third-order valence-electron chi connectivity index (χ3n) is 3.30. The third kappa shape index (κ3) is 4.11. The lowest BCUT2D eigenvalue weighted by Gasteiger charge is -2.22. The molecule has 1 N–H and O–H groups in total.